The fourth-order valence-electron chi connectivity index (χ4n) is 1.16. The molecule has 2 rings (SSSR count). The minimum absolute atomic E-state index is 0.403. The number of aromatic nitrogens is 1. The highest BCUT2D eigenvalue weighted by Crippen LogP contribution is 2.28. The monoisotopic (exact) mass is 295 g/mol. The van der Waals surface area contributed by atoms with Crippen molar-refractivity contribution in [2.75, 3.05) is 13.2 Å². The lowest BCUT2D eigenvalue weighted by Gasteiger charge is -2.10. The van der Waals surface area contributed by atoms with Crippen molar-refractivity contribution in [2.24, 2.45) is 0 Å². The van der Waals surface area contributed by atoms with E-state index in [9.17, 15) is 4.39 Å². The Morgan fingerprint density at radius 1 is 1.46 bits per heavy atom. The van der Waals surface area contributed by atoms with Gasteiger partial charge in [0.25, 0.3) is 0 Å². The summed E-state index contributed by atoms with van der Waals surface area (Å²) in [4.78, 5) is 3.55. The summed E-state index contributed by atoms with van der Waals surface area (Å²) in [5.74, 6) is -0.515. The zero-order valence-electron chi connectivity index (χ0n) is 6.67. The van der Waals surface area contributed by atoms with Gasteiger partial charge < -0.3 is 9.47 Å². The van der Waals surface area contributed by atoms with Gasteiger partial charge in [0.05, 0.1) is 18.8 Å². The molecular weight excluding hydrogens is 288 g/mol. The summed E-state index contributed by atoms with van der Waals surface area (Å²) in [5.41, 5.74) is 0.403. The lowest BCUT2D eigenvalue weighted by Crippen LogP contribution is -2.05. The van der Waals surface area contributed by atoms with Crippen molar-refractivity contribution in [1.82, 2.24) is 4.98 Å². The molecule has 0 aliphatic carbocycles. The minimum Gasteiger partial charge on any atom is -0.346 e. The van der Waals surface area contributed by atoms with Crippen molar-refractivity contribution in [3.63, 3.8) is 0 Å². The quantitative estimate of drug-likeness (QED) is 0.585. The van der Waals surface area contributed by atoms with Gasteiger partial charge in [0.15, 0.2) is 6.29 Å². The Hall–Kier alpha value is -0.270. The summed E-state index contributed by atoms with van der Waals surface area (Å²) >= 11 is 2.04. The number of rotatable bonds is 1. The lowest BCUT2D eigenvalue weighted by molar-refractivity contribution is -0.0476. The Morgan fingerprint density at radius 3 is 2.77 bits per heavy atom. The number of hydrogen-bond donors (Lipinski definition) is 0. The molecule has 0 aromatic carbocycles. The molecule has 0 unspecified atom stereocenters. The van der Waals surface area contributed by atoms with Crippen LogP contribution in [0.1, 0.15) is 11.9 Å². The summed E-state index contributed by atoms with van der Waals surface area (Å²) in [7, 11) is 0. The number of hydrogen-bond acceptors (Lipinski definition) is 3. The van der Waals surface area contributed by atoms with E-state index in [-0.39, 0.29) is 0 Å². The van der Waals surface area contributed by atoms with Gasteiger partial charge in [-0.3, -0.25) is 0 Å². The molecule has 0 amide bonds. The summed E-state index contributed by atoms with van der Waals surface area (Å²) in [5, 5.41) is 0. The van der Waals surface area contributed by atoms with E-state index in [0.29, 0.717) is 18.8 Å². The Bertz CT molecular complexity index is 295. The van der Waals surface area contributed by atoms with Crippen molar-refractivity contribution in [2.45, 2.75) is 6.29 Å². The maximum Gasteiger partial charge on any atom is 0.222 e. The largest absolute Gasteiger partial charge is 0.346 e. The van der Waals surface area contributed by atoms with Crippen LogP contribution in [0.4, 0.5) is 4.39 Å². The van der Waals surface area contributed by atoms with Crippen LogP contribution in [0.15, 0.2) is 12.3 Å². The van der Waals surface area contributed by atoms with Crippen molar-refractivity contribution in [3.8, 4) is 0 Å². The molecule has 1 aliphatic rings. The topological polar surface area (TPSA) is 31.4 Å². The van der Waals surface area contributed by atoms with Gasteiger partial charge >= 0.3 is 0 Å². The Kier molecular flexibility index (Phi) is 2.75. The molecule has 1 aliphatic heterocycles. The van der Waals surface area contributed by atoms with Gasteiger partial charge in [-0.05, 0) is 28.7 Å². The number of ether oxygens (including phenoxy) is 2. The second-order valence-electron chi connectivity index (χ2n) is 2.57. The van der Waals surface area contributed by atoms with Crippen molar-refractivity contribution >= 4 is 22.6 Å². The fraction of sp³-hybridized carbons (Fsp3) is 0.375. The molecule has 0 saturated carbocycles. The molecule has 3 nitrogen and oxygen atoms in total. The maximum atomic E-state index is 13.2. The van der Waals surface area contributed by atoms with Crippen LogP contribution in [-0.4, -0.2) is 18.2 Å². The van der Waals surface area contributed by atoms with Crippen LogP contribution in [0.25, 0.3) is 0 Å². The molecule has 70 valence electrons. The first-order valence-corrected chi connectivity index (χ1v) is 4.90. The van der Waals surface area contributed by atoms with Gasteiger partial charge in [0.1, 0.15) is 0 Å². The highest BCUT2D eigenvalue weighted by Gasteiger charge is 2.24. The zero-order chi connectivity index (χ0) is 9.26. The predicted octanol–water partition coefficient (Wildman–Crippen LogP) is 1.87. The molecule has 0 spiro atoms. The average Bonchev–Trinajstić information content (AvgIpc) is 2.57. The summed E-state index contributed by atoms with van der Waals surface area (Å²) in [6.45, 7) is 1.02. The first-order valence-electron chi connectivity index (χ1n) is 3.82. The summed E-state index contributed by atoms with van der Waals surface area (Å²) in [6, 6.07) is 1.73. The van der Waals surface area contributed by atoms with E-state index in [4.69, 9.17) is 9.47 Å². The van der Waals surface area contributed by atoms with Crippen LogP contribution in [0.2, 0.25) is 0 Å². The van der Waals surface area contributed by atoms with E-state index >= 15 is 0 Å². The fourth-order valence-corrected chi connectivity index (χ4v) is 1.80. The average molecular weight is 295 g/mol. The van der Waals surface area contributed by atoms with Crippen LogP contribution >= 0.6 is 22.6 Å². The number of halogens is 2. The van der Waals surface area contributed by atoms with E-state index in [1.165, 1.54) is 6.20 Å². The highest BCUT2D eigenvalue weighted by molar-refractivity contribution is 14.1. The first-order chi connectivity index (χ1) is 6.29. The van der Waals surface area contributed by atoms with E-state index in [1.54, 1.807) is 6.07 Å². The van der Waals surface area contributed by atoms with Gasteiger partial charge in [0.2, 0.25) is 5.95 Å². The molecule has 1 aromatic rings. The lowest BCUT2D eigenvalue weighted by atomic mass is 10.3. The van der Waals surface area contributed by atoms with Crippen molar-refractivity contribution in [1.29, 1.82) is 0 Å². The molecule has 0 atom stereocenters. The summed E-state index contributed by atoms with van der Waals surface area (Å²) in [6.07, 6.45) is 0.843. The molecule has 2 heterocycles. The van der Waals surface area contributed by atoms with Crippen LogP contribution in [-0.2, 0) is 9.47 Å². The SMILES string of the molecule is Fc1nccc(I)c1C1OCCO1. The second-order valence-corrected chi connectivity index (χ2v) is 3.73. The standard InChI is InChI=1S/C8H7FINO2/c9-7-6(5(10)1-2-11-7)8-12-3-4-13-8/h1-2,8H,3-4H2. The van der Waals surface area contributed by atoms with E-state index < -0.39 is 12.2 Å². The van der Waals surface area contributed by atoms with E-state index in [0.717, 1.165) is 3.57 Å². The predicted molar refractivity (Wildman–Crippen MR) is 51.6 cm³/mol. The molecule has 1 saturated heterocycles. The van der Waals surface area contributed by atoms with Gasteiger partial charge in [-0.1, -0.05) is 0 Å². The Morgan fingerprint density at radius 2 is 2.15 bits per heavy atom. The molecule has 0 N–H and O–H groups in total. The molecule has 0 bridgehead atoms. The van der Waals surface area contributed by atoms with Crippen LogP contribution in [0, 0.1) is 9.52 Å². The number of nitrogens with zero attached hydrogens (tertiary/aromatic N) is 1. The second kappa shape index (κ2) is 3.85. The third-order valence-electron chi connectivity index (χ3n) is 1.75. The maximum absolute atomic E-state index is 13.2. The first kappa shape index (κ1) is 9.29. The van der Waals surface area contributed by atoms with Gasteiger partial charge in [-0.2, -0.15) is 4.39 Å². The van der Waals surface area contributed by atoms with E-state index in [2.05, 4.69) is 4.98 Å². The Balaban J connectivity index is 2.37. The van der Waals surface area contributed by atoms with Gasteiger partial charge in [0, 0.05) is 9.77 Å². The van der Waals surface area contributed by atoms with Gasteiger partial charge in [-0.15, -0.1) is 0 Å². The normalized spacial score (nSPS) is 18.0. The molecule has 5 heteroatoms. The molecule has 1 aromatic heterocycles. The van der Waals surface area contributed by atoms with Crippen LogP contribution < -0.4 is 0 Å². The van der Waals surface area contributed by atoms with Crippen molar-refractivity contribution < 1.29 is 13.9 Å². The Labute approximate surface area is 88.4 Å². The molecular formula is C8H7FINO2. The molecule has 0 radical (unpaired) electrons. The third-order valence-corrected chi connectivity index (χ3v) is 2.69. The van der Waals surface area contributed by atoms with E-state index in [1.807, 2.05) is 22.6 Å². The van der Waals surface area contributed by atoms with Crippen LogP contribution in [0.5, 0.6) is 0 Å². The number of pyridine rings is 1. The summed E-state index contributed by atoms with van der Waals surface area (Å²) < 4.78 is 24.4. The molecule has 1 fully saturated rings. The minimum atomic E-state index is -0.583. The van der Waals surface area contributed by atoms with Crippen LogP contribution in [0.3, 0.4) is 0 Å². The van der Waals surface area contributed by atoms with Crippen molar-refractivity contribution in [3.05, 3.63) is 27.3 Å². The smallest absolute Gasteiger partial charge is 0.222 e. The third kappa shape index (κ3) is 1.82. The van der Waals surface area contributed by atoms with Gasteiger partial charge in [-0.25, -0.2) is 4.98 Å². The highest BCUT2D eigenvalue weighted by atomic mass is 127. The zero-order valence-corrected chi connectivity index (χ0v) is 8.82. The molecule has 13 heavy (non-hydrogen) atoms.